The molecule has 19 heavy (non-hydrogen) atoms. The quantitative estimate of drug-likeness (QED) is 0.844. The van der Waals surface area contributed by atoms with Gasteiger partial charge in [-0.3, -0.25) is 4.79 Å². The summed E-state index contributed by atoms with van der Waals surface area (Å²) in [6.07, 6.45) is 0. The maximum Gasteiger partial charge on any atom is 0.234 e. The monoisotopic (exact) mass is 341 g/mol. The van der Waals surface area contributed by atoms with Crippen LogP contribution in [0.3, 0.4) is 0 Å². The first-order chi connectivity index (χ1) is 9.19. The van der Waals surface area contributed by atoms with E-state index < -0.39 is 0 Å². The summed E-state index contributed by atoms with van der Waals surface area (Å²) in [7, 11) is 0. The third-order valence-electron chi connectivity index (χ3n) is 2.26. The predicted octanol–water partition coefficient (Wildman–Crippen LogP) is 2.19. The van der Waals surface area contributed by atoms with E-state index in [2.05, 4.69) is 36.8 Å². The van der Waals surface area contributed by atoms with Crippen molar-refractivity contribution in [2.75, 3.05) is 11.1 Å². The van der Waals surface area contributed by atoms with Crippen LogP contribution in [0.5, 0.6) is 0 Å². The lowest BCUT2D eigenvalue weighted by Crippen LogP contribution is -2.14. The van der Waals surface area contributed by atoms with E-state index in [-0.39, 0.29) is 11.7 Å². The molecule has 1 aromatic heterocycles. The number of nitrogens with one attached hydrogen (secondary N) is 1. The second-order valence-corrected chi connectivity index (χ2v) is 5.48. The largest absolute Gasteiger partial charge is 0.325 e. The van der Waals surface area contributed by atoms with Gasteiger partial charge in [-0.1, -0.05) is 27.7 Å². The van der Waals surface area contributed by atoms with Gasteiger partial charge in [0.15, 0.2) is 0 Å². The summed E-state index contributed by atoms with van der Waals surface area (Å²) >= 11 is 4.66. The molecule has 0 radical (unpaired) electrons. The van der Waals surface area contributed by atoms with Crippen LogP contribution in [0, 0.1) is 0 Å². The van der Waals surface area contributed by atoms with E-state index in [1.54, 1.807) is 4.68 Å². The van der Waals surface area contributed by atoms with E-state index in [4.69, 9.17) is 0 Å². The zero-order chi connectivity index (χ0) is 13.7. The average Bonchev–Trinajstić information content (AvgIpc) is 2.86. The summed E-state index contributed by atoms with van der Waals surface area (Å²) in [5, 5.41) is 14.7. The Morgan fingerprint density at radius 2 is 2.16 bits per heavy atom. The van der Waals surface area contributed by atoms with E-state index in [0.717, 1.165) is 10.2 Å². The molecule has 1 aromatic carbocycles. The van der Waals surface area contributed by atoms with E-state index in [0.29, 0.717) is 11.7 Å². The molecule has 0 atom stereocenters. The number of carbonyl (C=O) groups is 1. The van der Waals surface area contributed by atoms with Crippen LogP contribution in [-0.4, -0.2) is 31.9 Å². The van der Waals surface area contributed by atoms with Gasteiger partial charge in [0.1, 0.15) is 0 Å². The highest BCUT2D eigenvalue weighted by atomic mass is 79.9. The van der Waals surface area contributed by atoms with Gasteiger partial charge in [0, 0.05) is 16.7 Å². The van der Waals surface area contributed by atoms with Crippen molar-refractivity contribution in [3.63, 3.8) is 0 Å². The molecule has 0 unspecified atom stereocenters. The van der Waals surface area contributed by atoms with Crippen LogP contribution < -0.4 is 5.32 Å². The second-order valence-electron chi connectivity index (χ2n) is 3.62. The third-order valence-corrected chi connectivity index (χ3v) is 3.74. The molecule has 1 heterocycles. The number of hydrogen-bond acceptors (Lipinski definition) is 5. The topological polar surface area (TPSA) is 72.7 Å². The van der Waals surface area contributed by atoms with E-state index in [9.17, 15) is 4.79 Å². The molecule has 0 aliphatic carbocycles. The number of rotatable bonds is 5. The van der Waals surface area contributed by atoms with Gasteiger partial charge in [-0.25, -0.2) is 4.68 Å². The minimum Gasteiger partial charge on any atom is -0.325 e. The zero-order valence-corrected chi connectivity index (χ0v) is 12.6. The van der Waals surface area contributed by atoms with Gasteiger partial charge in [-0.15, -0.1) is 5.10 Å². The molecule has 1 N–H and O–H groups in total. The van der Waals surface area contributed by atoms with Crippen LogP contribution in [0.4, 0.5) is 5.69 Å². The Labute approximate surface area is 123 Å². The Morgan fingerprint density at radius 1 is 1.42 bits per heavy atom. The van der Waals surface area contributed by atoms with Gasteiger partial charge in [-0.2, -0.15) is 0 Å². The summed E-state index contributed by atoms with van der Waals surface area (Å²) in [6.45, 7) is 2.63. The summed E-state index contributed by atoms with van der Waals surface area (Å²) in [4.78, 5) is 11.8. The van der Waals surface area contributed by atoms with Crippen molar-refractivity contribution in [3.05, 3.63) is 28.7 Å². The fraction of sp³-hybridized carbons (Fsp3) is 0.273. The van der Waals surface area contributed by atoms with Gasteiger partial charge in [-0.05, 0) is 41.6 Å². The molecule has 0 fully saturated rings. The highest BCUT2D eigenvalue weighted by molar-refractivity contribution is 9.10. The summed E-state index contributed by atoms with van der Waals surface area (Å²) < 4.78 is 2.62. The van der Waals surface area contributed by atoms with Gasteiger partial charge < -0.3 is 5.32 Å². The Balaban J connectivity index is 1.86. The van der Waals surface area contributed by atoms with E-state index in [1.165, 1.54) is 11.8 Å². The molecule has 100 valence electrons. The lowest BCUT2D eigenvalue weighted by Gasteiger charge is -2.04. The van der Waals surface area contributed by atoms with Crippen LogP contribution in [0.15, 0.2) is 33.9 Å². The van der Waals surface area contributed by atoms with Crippen molar-refractivity contribution in [3.8, 4) is 0 Å². The fourth-order valence-electron chi connectivity index (χ4n) is 1.36. The normalized spacial score (nSPS) is 10.4. The van der Waals surface area contributed by atoms with Crippen LogP contribution in [-0.2, 0) is 11.3 Å². The SMILES string of the molecule is CCn1nnnc1SCC(=O)Nc1ccc(Br)cc1. The second kappa shape index (κ2) is 6.67. The fourth-order valence-corrected chi connectivity index (χ4v) is 2.36. The molecule has 1 amide bonds. The molecule has 2 rings (SSSR count). The number of halogens is 1. The molecule has 0 aliphatic rings. The highest BCUT2D eigenvalue weighted by Gasteiger charge is 2.09. The van der Waals surface area contributed by atoms with Gasteiger partial charge >= 0.3 is 0 Å². The molecule has 0 saturated carbocycles. The van der Waals surface area contributed by atoms with Gasteiger partial charge in [0.05, 0.1) is 5.75 Å². The summed E-state index contributed by atoms with van der Waals surface area (Å²) in [5.74, 6) is 0.189. The van der Waals surface area contributed by atoms with Crippen LogP contribution in [0.2, 0.25) is 0 Å². The number of aromatic nitrogens is 4. The molecular weight excluding hydrogens is 330 g/mol. The number of nitrogens with zero attached hydrogens (tertiary/aromatic N) is 4. The van der Waals surface area contributed by atoms with E-state index in [1.807, 2.05) is 31.2 Å². The first-order valence-corrected chi connectivity index (χ1v) is 7.41. The maximum atomic E-state index is 11.8. The first-order valence-electron chi connectivity index (χ1n) is 5.63. The number of aryl methyl sites for hydroxylation is 1. The lowest BCUT2D eigenvalue weighted by molar-refractivity contribution is -0.113. The van der Waals surface area contributed by atoms with E-state index >= 15 is 0 Å². The van der Waals surface area contributed by atoms with Crippen LogP contribution in [0.1, 0.15) is 6.92 Å². The third kappa shape index (κ3) is 4.03. The molecule has 8 heteroatoms. The van der Waals surface area contributed by atoms with Crippen LogP contribution in [0.25, 0.3) is 0 Å². The Bertz CT molecular complexity index is 556. The van der Waals surface area contributed by atoms with Crippen LogP contribution >= 0.6 is 27.7 Å². The predicted molar refractivity (Wildman–Crippen MR) is 77.0 cm³/mol. The number of amides is 1. The van der Waals surface area contributed by atoms with Crippen molar-refractivity contribution in [1.29, 1.82) is 0 Å². The van der Waals surface area contributed by atoms with Crippen molar-refractivity contribution >= 4 is 39.3 Å². The summed E-state index contributed by atoms with van der Waals surface area (Å²) in [6, 6.07) is 7.42. The number of carbonyl (C=O) groups excluding carboxylic acids is 1. The number of anilines is 1. The Morgan fingerprint density at radius 3 is 2.84 bits per heavy atom. The highest BCUT2D eigenvalue weighted by Crippen LogP contribution is 2.16. The van der Waals surface area contributed by atoms with Gasteiger partial charge in [0.25, 0.3) is 0 Å². The number of benzene rings is 1. The molecule has 0 aliphatic heterocycles. The number of hydrogen-bond donors (Lipinski definition) is 1. The average molecular weight is 342 g/mol. The minimum atomic E-state index is -0.0852. The Kier molecular flexibility index (Phi) is 4.92. The standard InChI is InChI=1S/C11H12BrN5OS/c1-2-17-11(14-15-16-17)19-7-10(18)13-9-5-3-8(12)4-6-9/h3-6H,2,7H2,1H3,(H,13,18). The molecule has 0 spiro atoms. The zero-order valence-electron chi connectivity index (χ0n) is 10.2. The van der Waals surface area contributed by atoms with Crippen molar-refractivity contribution in [1.82, 2.24) is 20.2 Å². The first kappa shape index (κ1) is 14.0. The smallest absolute Gasteiger partial charge is 0.234 e. The molecule has 6 nitrogen and oxygen atoms in total. The Hall–Kier alpha value is -1.41. The molecule has 2 aromatic rings. The molecule has 0 saturated heterocycles. The molecular formula is C11H12BrN5OS. The number of thioether (sulfide) groups is 1. The number of tetrazole rings is 1. The van der Waals surface area contributed by atoms with Crippen molar-refractivity contribution in [2.45, 2.75) is 18.6 Å². The molecule has 0 bridgehead atoms. The van der Waals surface area contributed by atoms with Crippen molar-refractivity contribution in [2.24, 2.45) is 0 Å². The van der Waals surface area contributed by atoms with Crippen molar-refractivity contribution < 1.29 is 4.79 Å². The lowest BCUT2D eigenvalue weighted by atomic mass is 10.3. The summed E-state index contributed by atoms with van der Waals surface area (Å²) in [5.41, 5.74) is 0.767. The van der Waals surface area contributed by atoms with Gasteiger partial charge in [0.2, 0.25) is 11.1 Å². The maximum absolute atomic E-state index is 11.8. The minimum absolute atomic E-state index is 0.0852.